The number of hydrogen-bond donors (Lipinski definition) is 3. The Balaban J connectivity index is 1.67. The van der Waals surface area contributed by atoms with Crippen molar-refractivity contribution in [1.29, 1.82) is 0 Å². The number of amides is 2. The minimum atomic E-state index is -4.80. The van der Waals surface area contributed by atoms with Crippen LogP contribution in [0.3, 0.4) is 0 Å². The molecule has 0 fully saturated rings. The number of rotatable bonds is 9. The number of nitrogens with one attached hydrogen (secondary N) is 2. The van der Waals surface area contributed by atoms with Crippen LogP contribution in [0.1, 0.15) is 23.5 Å². The Morgan fingerprint density at radius 2 is 1.51 bits per heavy atom. The van der Waals surface area contributed by atoms with Crippen LogP contribution in [0.5, 0.6) is 0 Å². The van der Waals surface area contributed by atoms with Crippen LogP contribution in [0.15, 0.2) is 48.5 Å². The van der Waals surface area contributed by atoms with E-state index in [0.717, 1.165) is 22.3 Å². The Morgan fingerprint density at radius 3 is 2.00 bits per heavy atom. The smallest absolute Gasteiger partial charge is 0.407 e. The molecule has 35 heavy (non-hydrogen) atoms. The second-order valence-electron chi connectivity index (χ2n) is 8.50. The van der Waals surface area contributed by atoms with Gasteiger partial charge in [0.1, 0.15) is 18.7 Å². The van der Waals surface area contributed by atoms with Gasteiger partial charge in [-0.2, -0.15) is 13.2 Å². The predicted molar refractivity (Wildman–Crippen MR) is 121 cm³/mol. The number of alkyl halides is 3. The molecule has 3 N–H and O–H groups in total. The molecule has 8 nitrogen and oxygen atoms in total. The Labute approximate surface area is 200 Å². The van der Waals surface area contributed by atoms with Gasteiger partial charge in [-0.3, -0.25) is 4.79 Å². The molecule has 0 radical (unpaired) electrons. The third-order valence-electron chi connectivity index (χ3n) is 5.55. The lowest BCUT2D eigenvalue weighted by molar-refractivity contribution is -0.160. The third kappa shape index (κ3) is 6.72. The van der Waals surface area contributed by atoms with Crippen molar-refractivity contribution in [3.63, 3.8) is 0 Å². The summed E-state index contributed by atoms with van der Waals surface area (Å²) in [6, 6.07) is 11.9. The number of carboxylic acids is 1. The molecule has 1 aliphatic carbocycles. The molecule has 0 aliphatic heterocycles. The molecule has 0 heterocycles. The maximum Gasteiger partial charge on any atom is 0.407 e. The molecule has 2 aromatic rings. The minimum Gasteiger partial charge on any atom is -0.480 e. The number of carbonyl (C=O) groups is 3. The van der Waals surface area contributed by atoms with Crippen LogP contribution in [-0.4, -0.2) is 73.5 Å². The molecule has 1 unspecified atom stereocenters. The van der Waals surface area contributed by atoms with Crippen molar-refractivity contribution in [3.8, 4) is 11.1 Å². The van der Waals surface area contributed by atoms with Gasteiger partial charge in [-0.25, -0.2) is 9.59 Å². The topological polar surface area (TPSA) is 108 Å². The van der Waals surface area contributed by atoms with Gasteiger partial charge in [0, 0.05) is 12.5 Å². The molecule has 2 amide bonds. The number of alkyl carbamates (subject to hydrolysis) is 1. The molecule has 3 rings (SSSR count). The Hall–Kier alpha value is -3.60. The van der Waals surface area contributed by atoms with Gasteiger partial charge in [0.2, 0.25) is 5.91 Å². The van der Waals surface area contributed by atoms with Crippen molar-refractivity contribution in [2.24, 2.45) is 0 Å². The molecule has 1 aliphatic rings. The van der Waals surface area contributed by atoms with E-state index in [2.05, 4.69) is 5.32 Å². The zero-order valence-corrected chi connectivity index (χ0v) is 19.1. The van der Waals surface area contributed by atoms with Crippen molar-refractivity contribution in [3.05, 3.63) is 59.7 Å². The van der Waals surface area contributed by atoms with E-state index in [9.17, 15) is 27.6 Å². The molecule has 2 atom stereocenters. The molecule has 0 saturated heterocycles. The van der Waals surface area contributed by atoms with E-state index in [-0.39, 0.29) is 19.1 Å². The average Bonchev–Trinajstić information content (AvgIpc) is 3.09. The van der Waals surface area contributed by atoms with Gasteiger partial charge >= 0.3 is 18.2 Å². The largest absolute Gasteiger partial charge is 0.480 e. The summed E-state index contributed by atoms with van der Waals surface area (Å²) in [6.45, 7) is -0.115. The molecule has 0 spiro atoms. The molecule has 0 aromatic heterocycles. The van der Waals surface area contributed by atoms with Crippen molar-refractivity contribution >= 4 is 18.0 Å². The fraction of sp³-hybridized carbons (Fsp3) is 0.375. The standard InChI is InChI=1S/C24H26F3N3O5/c1-30(2)12-20(21(31)28-19(22(32)33)11-24(25,26)27)29-23(34)35-13-18-16-9-5-3-7-14(16)15-8-4-6-10-17(15)18/h3-10,18-20H,11-13H2,1-2H3,(H,28,31)(H,29,34)(H,32,33)/t19?,20-/m0/s1. The number of carboxylic acid groups (broad SMARTS) is 1. The first-order chi connectivity index (χ1) is 16.5. The second kappa shape index (κ2) is 10.8. The molecule has 0 saturated carbocycles. The number of carbonyl (C=O) groups excluding carboxylic acids is 2. The summed E-state index contributed by atoms with van der Waals surface area (Å²) in [5.74, 6) is -3.12. The van der Waals surface area contributed by atoms with E-state index < -0.39 is 42.7 Å². The fourth-order valence-corrected chi connectivity index (χ4v) is 4.05. The average molecular weight is 493 g/mol. The number of halogens is 3. The highest BCUT2D eigenvalue weighted by Crippen LogP contribution is 2.44. The molecule has 188 valence electrons. The summed E-state index contributed by atoms with van der Waals surface area (Å²) in [7, 11) is 3.17. The van der Waals surface area contributed by atoms with E-state index >= 15 is 0 Å². The number of fused-ring (bicyclic) bond motifs is 3. The summed E-state index contributed by atoms with van der Waals surface area (Å²) in [4.78, 5) is 37.8. The number of ether oxygens (including phenoxy) is 1. The van der Waals surface area contributed by atoms with Gasteiger partial charge in [-0.1, -0.05) is 48.5 Å². The van der Waals surface area contributed by atoms with Crippen LogP contribution in [-0.2, 0) is 14.3 Å². The molecule has 11 heteroatoms. The monoisotopic (exact) mass is 493 g/mol. The van der Waals surface area contributed by atoms with Gasteiger partial charge in [-0.15, -0.1) is 0 Å². The highest BCUT2D eigenvalue weighted by atomic mass is 19.4. The Bertz CT molecular complexity index is 1040. The van der Waals surface area contributed by atoms with Crippen LogP contribution in [0.4, 0.5) is 18.0 Å². The van der Waals surface area contributed by atoms with Crippen LogP contribution in [0, 0.1) is 0 Å². The summed E-state index contributed by atoms with van der Waals surface area (Å²) < 4.78 is 43.4. The zero-order valence-electron chi connectivity index (χ0n) is 19.1. The Morgan fingerprint density at radius 1 is 0.971 bits per heavy atom. The van der Waals surface area contributed by atoms with Gasteiger partial charge in [0.05, 0.1) is 6.42 Å². The second-order valence-corrected chi connectivity index (χ2v) is 8.50. The van der Waals surface area contributed by atoms with Gasteiger partial charge in [0.15, 0.2) is 0 Å². The van der Waals surface area contributed by atoms with E-state index in [1.54, 1.807) is 14.1 Å². The summed E-state index contributed by atoms with van der Waals surface area (Å²) in [6.07, 6.45) is -7.49. The molecule has 2 aromatic carbocycles. The number of benzene rings is 2. The van der Waals surface area contributed by atoms with Crippen molar-refractivity contribution in [1.82, 2.24) is 15.5 Å². The first-order valence-electron chi connectivity index (χ1n) is 10.8. The maximum absolute atomic E-state index is 12.7. The first kappa shape index (κ1) is 26.0. The lowest BCUT2D eigenvalue weighted by Gasteiger charge is -2.24. The lowest BCUT2D eigenvalue weighted by Crippen LogP contribution is -2.55. The van der Waals surface area contributed by atoms with E-state index in [4.69, 9.17) is 9.84 Å². The first-order valence-corrected chi connectivity index (χ1v) is 10.8. The maximum atomic E-state index is 12.7. The minimum absolute atomic E-state index is 0.0258. The summed E-state index contributed by atoms with van der Waals surface area (Å²) >= 11 is 0. The van der Waals surface area contributed by atoms with Crippen molar-refractivity contribution in [2.45, 2.75) is 30.6 Å². The number of hydrogen-bond acceptors (Lipinski definition) is 5. The van der Waals surface area contributed by atoms with E-state index in [1.807, 2.05) is 53.8 Å². The molecular formula is C24H26F3N3O5. The van der Waals surface area contributed by atoms with E-state index in [1.165, 1.54) is 4.90 Å². The lowest BCUT2D eigenvalue weighted by atomic mass is 9.98. The van der Waals surface area contributed by atoms with Crippen molar-refractivity contribution < 1.29 is 37.4 Å². The number of aliphatic carboxylic acids is 1. The van der Waals surface area contributed by atoms with Crippen LogP contribution >= 0.6 is 0 Å². The summed E-state index contributed by atoms with van der Waals surface area (Å²) in [5, 5.41) is 13.2. The van der Waals surface area contributed by atoms with E-state index in [0.29, 0.717) is 0 Å². The normalized spacial score (nSPS) is 14.6. The Kier molecular flexibility index (Phi) is 8.00. The number of nitrogens with zero attached hydrogens (tertiary/aromatic N) is 1. The zero-order chi connectivity index (χ0) is 25.8. The summed E-state index contributed by atoms with van der Waals surface area (Å²) in [5.41, 5.74) is 4.04. The van der Waals surface area contributed by atoms with Crippen molar-refractivity contribution in [2.75, 3.05) is 27.2 Å². The quantitative estimate of drug-likeness (QED) is 0.496. The number of likely N-dealkylation sites (N-methyl/N-ethyl adjacent to an activating group) is 1. The van der Waals surface area contributed by atoms with Crippen LogP contribution in [0.2, 0.25) is 0 Å². The highest BCUT2D eigenvalue weighted by Gasteiger charge is 2.37. The fourth-order valence-electron chi connectivity index (χ4n) is 4.05. The molecule has 0 bridgehead atoms. The SMILES string of the molecule is CN(C)C[C@H](NC(=O)OCC1c2ccccc2-c2ccccc21)C(=O)NC(CC(F)(F)F)C(=O)O. The molecular weight excluding hydrogens is 467 g/mol. The predicted octanol–water partition coefficient (Wildman–Crippen LogP) is 2.98. The van der Waals surface area contributed by atoms with Gasteiger partial charge in [0.25, 0.3) is 0 Å². The van der Waals surface area contributed by atoms with Crippen LogP contribution in [0.25, 0.3) is 11.1 Å². The third-order valence-corrected chi connectivity index (χ3v) is 5.55. The van der Waals surface area contributed by atoms with Crippen LogP contribution < -0.4 is 10.6 Å². The van der Waals surface area contributed by atoms with Gasteiger partial charge in [-0.05, 0) is 36.3 Å². The highest BCUT2D eigenvalue weighted by molar-refractivity contribution is 5.89. The van der Waals surface area contributed by atoms with Gasteiger partial charge < -0.3 is 25.4 Å².